The van der Waals surface area contributed by atoms with Gasteiger partial charge in [-0.1, -0.05) is 70.1 Å². The first-order valence-electron chi connectivity index (χ1n) is 9.33. The van der Waals surface area contributed by atoms with Gasteiger partial charge in [-0.25, -0.2) is 0 Å². The fourth-order valence-electron chi connectivity index (χ4n) is 2.68. The number of rotatable bonds is 10. The van der Waals surface area contributed by atoms with E-state index in [0.29, 0.717) is 23.4 Å². The number of hydrogen-bond donors (Lipinski definition) is 1. The molecule has 0 saturated heterocycles. The zero-order valence-corrected chi connectivity index (χ0v) is 17.6. The van der Waals surface area contributed by atoms with Crippen LogP contribution in [0.4, 0.5) is 0 Å². The van der Waals surface area contributed by atoms with Crippen LogP contribution in [-0.4, -0.2) is 44.3 Å². The quantitative estimate of drug-likeness (QED) is 0.481. The summed E-state index contributed by atoms with van der Waals surface area (Å²) in [4.78, 5) is 27.5. The number of nitrogens with zero attached hydrogens (tertiary/aromatic N) is 3. The monoisotopic (exact) mass is 410 g/mol. The van der Waals surface area contributed by atoms with Crippen molar-refractivity contribution in [2.45, 2.75) is 20.0 Å². The molecule has 0 radical (unpaired) electrons. The van der Waals surface area contributed by atoms with Gasteiger partial charge in [-0.05, 0) is 12.5 Å². The molecule has 0 saturated carbocycles. The molecule has 8 heteroatoms. The van der Waals surface area contributed by atoms with Gasteiger partial charge in [0.05, 0.1) is 0 Å². The number of amides is 1. The van der Waals surface area contributed by atoms with Crippen molar-refractivity contribution in [3.63, 3.8) is 0 Å². The third-order valence-corrected chi connectivity index (χ3v) is 4.15. The van der Waals surface area contributed by atoms with E-state index in [9.17, 15) is 4.79 Å². The smallest absolute Gasteiger partial charge is 0.273 e. The summed E-state index contributed by atoms with van der Waals surface area (Å²) in [6.45, 7) is 1.94. The van der Waals surface area contributed by atoms with Crippen molar-refractivity contribution < 1.29 is 19.3 Å². The zero-order chi connectivity index (χ0) is 21.8. The molecular formula is C22H26N4O4. The molecule has 0 aliphatic carbocycles. The SMILES string of the molecule is CNC(=O)/C(=N/OC)c1ccccc1CO/N=C(C)/C(Cc1ccccc1)=N/OC. The average molecular weight is 410 g/mol. The lowest BCUT2D eigenvalue weighted by atomic mass is 10.0. The van der Waals surface area contributed by atoms with Crippen molar-refractivity contribution in [3.05, 3.63) is 71.3 Å². The van der Waals surface area contributed by atoms with E-state index in [0.717, 1.165) is 11.1 Å². The van der Waals surface area contributed by atoms with E-state index >= 15 is 0 Å². The fourth-order valence-corrected chi connectivity index (χ4v) is 2.68. The van der Waals surface area contributed by atoms with Crippen LogP contribution < -0.4 is 5.32 Å². The van der Waals surface area contributed by atoms with Crippen molar-refractivity contribution in [1.82, 2.24) is 5.32 Å². The van der Waals surface area contributed by atoms with E-state index in [2.05, 4.69) is 20.8 Å². The molecule has 0 atom stereocenters. The molecular weight excluding hydrogens is 384 g/mol. The van der Waals surface area contributed by atoms with Gasteiger partial charge in [0, 0.05) is 24.6 Å². The minimum atomic E-state index is -0.360. The lowest BCUT2D eigenvalue weighted by Crippen LogP contribution is -2.29. The number of carbonyl (C=O) groups excluding carboxylic acids is 1. The maximum Gasteiger partial charge on any atom is 0.273 e. The lowest BCUT2D eigenvalue weighted by molar-refractivity contribution is -0.114. The van der Waals surface area contributed by atoms with Crippen LogP contribution >= 0.6 is 0 Å². The third kappa shape index (κ3) is 6.44. The number of nitrogens with one attached hydrogen (secondary N) is 1. The first-order chi connectivity index (χ1) is 14.6. The van der Waals surface area contributed by atoms with Crippen molar-refractivity contribution in [2.75, 3.05) is 21.3 Å². The van der Waals surface area contributed by atoms with E-state index in [-0.39, 0.29) is 18.2 Å². The van der Waals surface area contributed by atoms with Gasteiger partial charge < -0.3 is 19.8 Å². The van der Waals surface area contributed by atoms with Crippen molar-refractivity contribution in [2.24, 2.45) is 15.5 Å². The van der Waals surface area contributed by atoms with E-state index in [1.165, 1.54) is 21.3 Å². The summed E-state index contributed by atoms with van der Waals surface area (Å²) in [5.74, 6) is -0.360. The topological polar surface area (TPSA) is 93.9 Å². The Bertz CT molecular complexity index is 924. The highest BCUT2D eigenvalue weighted by atomic mass is 16.6. The Hall–Kier alpha value is -3.68. The Kier molecular flexibility index (Phi) is 9.05. The fraction of sp³-hybridized carbons (Fsp3) is 0.273. The first-order valence-corrected chi connectivity index (χ1v) is 9.33. The summed E-state index contributed by atoms with van der Waals surface area (Å²) < 4.78 is 0. The largest absolute Gasteiger partial charge is 0.399 e. The second-order valence-corrected chi connectivity index (χ2v) is 6.19. The summed E-state index contributed by atoms with van der Waals surface area (Å²) in [6.07, 6.45) is 0.561. The number of benzene rings is 2. The highest BCUT2D eigenvalue weighted by molar-refractivity contribution is 6.45. The second kappa shape index (κ2) is 12.0. The molecule has 0 aliphatic rings. The first kappa shape index (κ1) is 22.6. The molecule has 0 aromatic heterocycles. The van der Waals surface area contributed by atoms with Crippen LogP contribution in [0, 0.1) is 0 Å². The Morgan fingerprint density at radius 2 is 1.60 bits per heavy atom. The zero-order valence-electron chi connectivity index (χ0n) is 17.6. The molecule has 0 aliphatic heterocycles. The summed E-state index contributed by atoms with van der Waals surface area (Å²) in [7, 11) is 4.41. The lowest BCUT2D eigenvalue weighted by Gasteiger charge is -2.10. The summed E-state index contributed by atoms with van der Waals surface area (Å²) in [6, 6.07) is 17.2. The number of carbonyl (C=O) groups is 1. The number of oxime groups is 3. The van der Waals surface area contributed by atoms with Crippen molar-refractivity contribution >= 4 is 23.0 Å². The minimum absolute atomic E-state index is 0.138. The predicted octanol–water partition coefficient (Wildman–Crippen LogP) is 2.92. The Balaban J connectivity index is 2.16. The van der Waals surface area contributed by atoms with Crippen molar-refractivity contribution in [3.8, 4) is 0 Å². The third-order valence-electron chi connectivity index (χ3n) is 4.15. The summed E-state index contributed by atoms with van der Waals surface area (Å²) in [5.41, 5.74) is 3.83. The Morgan fingerprint density at radius 3 is 2.27 bits per heavy atom. The van der Waals surface area contributed by atoms with Gasteiger partial charge in [0.15, 0.2) is 5.71 Å². The summed E-state index contributed by atoms with van der Waals surface area (Å²) >= 11 is 0. The van der Waals surface area contributed by atoms with Gasteiger partial charge in [-0.3, -0.25) is 4.79 Å². The number of likely N-dealkylation sites (N-methyl/N-ethyl adjacent to an activating group) is 1. The summed E-state index contributed by atoms with van der Waals surface area (Å²) in [5, 5.41) is 14.6. The molecule has 2 rings (SSSR count). The molecule has 158 valence electrons. The van der Waals surface area contributed by atoms with Gasteiger partial charge in [-0.15, -0.1) is 0 Å². The molecule has 2 aromatic carbocycles. The molecule has 0 fully saturated rings. The predicted molar refractivity (Wildman–Crippen MR) is 117 cm³/mol. The van der Waals surface area contributed by atoms with Gasteiger partial charge >= 0.3 is 0 Å². The van der Waals surface area contributed by atoms with Gasteiger partial charge in [0.1, 0.15) is 32.2 Å². The standard InChI is InChI=1S/C22H26N4O4/c1-16(20(25-28-3)14-17-10-6-5-7-11-17)24-30-15-18-12-8-9-13-19(18)21(26-29-4)22(27)23-2/h5-13H,14-15H2,1-4H3,(H,23,27)/b24-16+,25-20+,26-21+. The van der Waals surface area contributed by atoms with Crippen LogP contribution in [0.3, 0.4) is 0 Å². The molecule has 0 heterocycles. The molecule has 1 N–H and O–H groups in total. The van der Waals surface area contributed by atoms with Crippen LogP contribution in [0.1, 0.15) is 23.6 Å². The molecule has 0 spiro atoms. The van der Waals surface area contributed by atoms with E-state index in [1.807, 2.05) is 48.5 Å². The van der Waals surface area contributed by atoms with Gasteiger partial charge in [-0.2, -0.15) is 0 Å². The second-order valence-electron chi connectivity index (χ2n) is 6.19. The van der Waals surface area contributed by atoms with Crippen LogP contribution in [0.25, 0.3) is 0 Å². The van der Waals surface area contributed by atoms with E-state index < -0.39 is 0 Å². The highest BCUT2D eigenvalue weighted by Gasteiger charge is 2.17. The highest BCUT2D eigenvalue weighted by Crippen LogP contribution is 2.13. The molecule has 1 amide bonds. The average Bonchev–Trinajstić information content (AvgIpc) is 2.78. The maximum absolute atomic E-state index is 12.2. The molecule has 8 nitrogen and oxygen atoms in total. The normalized spacial score (nSPS) is 12.3. The van der Waals surface area contributed by atoms with Crippen LogP contribution in [0.15, 0.2) is 70.1 Å². The molecule has 0 bridgehead atoms. The van der Waals surface area contributed by atoms with Gasteiger partial charge in [0.25, 0.3) is 5.91 Å². The van der Waals surface area contributed by atoms with E-state index in [1.54, 1.807) is 13.0 Å². The molecule has 30 heavy (non-hydrogen) atoms. The molecule has 0 unspecified atom stereocenters. The van der Waals surface area contributed by atoms with Crippen LogP contribution in [0.5, 0.6) is 0 Å². The van der Waals surface area contributed by atoms with E-state index in [4.69, 9.17) is 14.5 Å². The Labute approximate surface area is 176 Å². The van der Waals surface area contributed by atoms with Crippen LogP contribution in [-0.2, 0) is 32.3 Å². The Morgan fingerprint density at radius 1 is 0.933 bits per heavy atom. The maximum atomic E-state index is 12.2. The minimum Gasteiger partial charge on any atom is -0.399 e. The van der Waals surface area contributed by atoms with Crippen molar-refractivity contribution in [1.29, 1.82) is 0 Å². The molecule has 2 aromatic rings. The number of hydrogen-bond acceptors (Lipinski definition) is 7. The van der Waals surface area contributed by atoms with Gasteiger partial charge in [0.2, 0.25) is 0 Å². The van der Waals surface area contributed by atoms with Crippen LogP contribution in [0.2, 0.25) is 0 Å².